The zero-order valence-electron chi connectivity index (χ0n) is 12.0. The van der Waals surface area contributed by atoms with Crippen molar-refractivity contribution < 1.29 is 9.15 Å². The number of ether oxygens (including phenoxy) is 1. The van der Waals surface area contributed by atoms with E-state index in [4.69, 9.17) is 9.15 Å². The highest BCUT2D eigenvalue weighted by Crippen LogP contribution is 2.40. The average Bonchev–Trinajstić information content (AvgIpc) is 2.35. The fourth-order valence-electron chi connectivity index (χ4n) is 3.30. The maximum atomic E-state index is 12.1. The molecule has 2 aromatic rings. The summed E-state index contributed by atoms with van der Waals surface area (Å²) in [6.07, 6.45) is 0.801. The first kappa shape index (κ1) is 13.0. The minimum Gasteiger partial charge on any atom is -0.497 e. The van der Waals surface area contributed by atoms with E-state index in [1.165, 1.54) is 0 Å². The molecule has 0 saturated carbocycles. The van der Waals surface area contributed by atoms with Crippen molar-refractivity contribution in [2.24, 2.45) is 0 Å². The summed E-state index contributed by atoms with van der Waals surface area (Å²) in [6.45, 7) is 6.06. The van der Waals surface area contributed by atoms with E-state index in [0.717, 1.165) is 12.0 Å². The van der Waals surface area contributed by atoms with Crippen LogP contribution in [0.5, 0.6) is 5.75 Å². The lowest BCUT2D eigenvalue weighted by atomic mass is 9.82. The van der Waals surface area contributed by atoms with Crippen LogP contribution >= 0.6 is 0 Å². The van der Waals surface area contributed by atoms with Crippen molar-refractivity contribution in [1.29, 1.82) is 0 Å². The van der Waals surface area contributed by atoms with Crippen molar-refractivity contribution in [1.82, 2.24) is 4.57 Å². The standard InChI is InChI=1S/C15H17NO4/c1-8-7-15(2,3)16-12-10(8)5-9(19-4)6-11(12)13(17)20-14(16)18/h5-6,8H,7H2,1-4H3/t8-/m1/s1. The molecule has 106 valence electrons. The quantitative estimate of drug-likeness (QED) is 0.800. The molecule has 0 amide bonds. The maximum Gasteiger partial charge on any atom is 0.422 e. The molecule has 1 aromatic carbocycles. The van der Waals surface area contributed by atoms with Crippen molar-refractivity contribution in [3.63, 3.8) is 0 Å². The van der Waals surface area contributed by atoms with Crippen LogP contribution in [0.2, 0.25) is 0 Å². The van der Waals surface area contributed by atoms with E-state index < -0.39 is 11.4 Å². The predicted octanol–water partition coefficient (Wildman–Crippen LogP) is 2.21. The van der Waals surface area contributed by atoms with Crippen molar-refractivity contribution in [3.8, 4) is 5.75 Å². The van der Waals surface area contributed by atoms with Gasteiger partial charge in [-0.3, -0.25) is 4.57 Å². The Morgan fingerprint density at radius 1 is 1.35 bits per heavy atom. The molecule has 1 aliphatic rings. The molecule has 1 aromatic heterocycles. The third-order valence-electron chi connectivity index (χ3n) is 4.10. The number of hydrogen-bond donors (Lipinski definition) is 0. The highest BCUT2D eigenvalue weighted by molar-refractivity contribution is 5.84. The van der Waals surface area contributed by atoms with Gasteiger partial charge < -0.3 is 9.15 Å². The molecule has 0 unspecified atom stereocenters. The Hall–Kier alpha value is -2.04. The second kappa shape index (κ2) is 3.98. The summed E-state index contributed by atoms with van der Waals surface area (Å²) >= 11 is 0. The molecule has 0 radical (unpaired) electrons. The summed E-state index contributed by atoms with van der Waals surface area (Å²) in [7, 11) is 1.56. The smallest absolute Gasteiger partial charge is 0.422 e. The summed E-state index contributed by atoms with van der Waals surface area (Å²) in [4.78, 5) is 24.1. The van der Waals surface area contributed by atoms with Gasteiger partial charge in [0.05, 0.1) is 18.0 Å². The van der Waals surface area contributed by atoms with Crippen LogP contribution < -0.4 is 16.1 Å². The van der Waals surface area contributed by atoms with Crippen LogP contribution in [0.15, 0.2) is 26.1 Å². The molecular weight excluding hydrogens is 258 g/mol. The molecule has 0 fully saturated rings. The molecule has 1 aliphatic heterocycles. The van der Waals surface area contributed by atoms with Crippen LogP contribution in [-0.2, 0) is 5.54 Å². The number of methoxy groups -OCH3 is 1. The minimum absolute atomic E-state index is 0.240. The lowest BCUT2D eigenvalue weighted by Gasteiger charge is -2.36. The van der Waals surface area contributed by atoms with Crippen molar-refractivity contribution in [2.75, 3.05) is 7.11 Å². The van der Waals surface area contributed by atoms with E-state index in [-0.39, 0.29) is 11.5 Å². The predicted molar refractivity (Wildman–Crippen MR) is 75.7 cm³/mol. The molecule has 20 heavy (non-hydrogen) atoms. The molecule has 0 aliphatic carbocycles. The Kier molecular flexibility index (Phi) is 2.58. The molecule has 5 heteroatoms. The van der Waals surface area contributed by atoms with Gasteiger partial charge in [-0.15, -0.1) is 0 Å². The largest absolute Gasteiger partial charge is 0.497 e. The van der Waals surface area contributed by atoms with E-state index in [1.54, 1.807) is 17.7 Å². The minimum atomic E-state index is -0.605. The Bertz CT molecular complexity index is 813. The summed E-state index contributed by atoms with van der Waals surface area (Å²) in [5.41, 5.74) is 0.652. The zero-order chi connectivity index (χ0) is 14.7. The lowest BCUT2D eigenvalue weighted by Crippen LogP contribution is -2.42. The molecular formula is C15H17NO4. The van der Waals surface area contributed by atoms with Gasteiger partial charge in [-0.1, -0.05) is 6.92 Å². The van der Waals surface area contributed by atoms with Crippen molar-refractivity contribution in [2.45, 2.75) is 38.6 Å². The first-order chi connectivity index (χ1) is 9.35. The van der Waals surface area contributed by atoms with Crippen LogP contribution in [-0.4, -0.2) is 11.7 Å². The lowest BCUT2D eigenvalue weighted by molar-refractivity contribution is 0.255. The van der Waals surface area contributed by atoms with Gasteiger partial charge >= 0.3 is 11.4 Å². The number of aromatic nitrogens is 1. The van der Waals surface area contributed by atoms with Crippen LogP contribution in [0.25, 0.3) is 10.9 Å². The van der Waals surface area contributed by atoms with Crippen molar-refractivity contribution >= 4 is 10.9 Å². The van der Waals surface area contributed by atoms with E-state index in [1.807, 2.05) is 19.9 Å². The fourth-order valence-corrected chi connectivity index (χ4v) is 3.30. The van der Waals surface area contributed by atoms with Crippen LogP contribution in [0.4, 0.5) is 0 Å². The topological polar surface area (TPSA) is 61.4 Å². The van der Waals surface area contributed by atoms with Gasteiger partial charge in [-0.05, 0) is 43.9 Å². The molecule has 3 rings (SSSR count). The van der Waals surface area contributed by atoms with E-state index in [9.17, 15) is 9.59 Å². The van der Waals surface area contributed by atoms with Gasteiger partial charge in [0.1, 0.15) is 5.75 Å². The monoisotopic (exact) mass is 275 g/mol. The van der Waals surface area contributed by atoms with Crippen LogP contribution in [0.1, 0.15) is 38.7 Å². The molecule has 0 N–H and O–H groups in total. The van der Waals surface area contributed by atoms with Gasteiger partial charge in [0.15, 0.2) is 0 Å². The molecule has 0 saturated heterocycles. The zero-order valence-corrected chi connectivity index (χ0v) is 12.0. The second-order valence-electron chi connectivity index (χ2n) is 6.02. The molecule has 0 bridgehead atoms. The maximum absolute atomic E-state index is 12.1. The van der Waals surface area contributed by atoms with Crippen molar-refractivity contribution in [3.05, 3.63) is 38.7 Å². The first-order valence-corrected chi connectivity index (χ1v) is 6.63. The molecule has 0 spiro atoms. The number of benzene rings is 1. The van der Waals surface area contributed by atoms with Gasteiger partial charge in [-0.25, -0.2) is 9.59 Å². The van der Waals surface area contributed by atoms with Crippen LogP contribution in [0.3, 0.4) is 0 Å². The third kappa shape index (κ3) is 1.62. The van der Waals surface area contributed by atoms with E-state index >= 15 is 0 Å². The molecule has 5 nitrogen and oxygen atoms in total. The molecule has 1 atom stereocenters. The highest BCUT2D eigenvalue weighted by atomic mass is 16.5. The fraction of sp³-hybridized carbons (Fsp3) is 0.467. The summed E-state index contributed by atoms with van der Waals surface area (Å²) in [5, 5.41) is 0.401. The van der Waals surface area contributed by atoms with E-state index in [0.29, 0.717) is 16.7 Å². The highest BCUT2D eigenvalue weighted by Gasteiger charge is 2.34. The Balaban J connectivity index is 2.60. The summed E-state index contributed by atoms with van der Waals surface area (Å²) < 4.78 is 11.7. The number of hydrogen-bond acceptors (Lipinski definition) is 4. The molecule has 2 heterocycles. The first-order valence-electron chi connectivity index (χ1n) is 6.63. The Morgan fingerprint density at radius 2 is 2.05 bits per heavy atom. The second-order valence-corrected chi connectivity index (χ2v) is 6.02. The Labute approximate surface area is 115 Å². The van der Waals surface area contributed by atoms with Crippen LogP contribution in [0, 0.1) is 0 Å². The third-order valence-corrected chi connectivity index (χ3v) is 4.10. The van der Waals surface area contributed by atoms with Gasteiger partial charge in [0, 0.05) is 5.54 Å². The van der Waals surface area contributed by atoms with Gasteiger partial charge in [-0.2, -0.15) is 0 Å². The average molecular weight is 275 g/mol. The normalized spacial score (nSPS) is 20.1. The number of nitrogens with zero attached hydrogens (tertiary/aromatic N) is 1. The van der Waals surface area contributed by atoms with Gasteiger partial charge in [0.25, 0.3) is 0 Å². The number of rotatable bonds is 1. The Morgan fingerprint density at radius 3 is 2.70 bits per heavy atom. The SMILES string of the molecule is COc1cc2c3c(c1)c(=O)oc(=O)n3C(C)(C)C[C@H]2C. The summed E-state index contributed by atoms with van der Waals surface area (Å²) in [6, 6.07) is 3.53. The summed E-state index contributed by atoms with van der Waals surface area (Å²) in [5.74, 6) is 0.256. The van der Waals surface area contributed by atoms with E-state index in [2.05, 4.69) is 6.92 Å². The van der Waals surface area contributed by atoms with Gasteiger partial charge in [0.2, 0.25) is 0 Å².